The van der Waals surface area contributed by atoms with Gasteiger partial charge in [-0.3, -0.25) is 0 Å². The van der Waals surface area contributed by atoms with Gasteiger partial charge in [0.05, 0.1) is 6.10 Å². The van der Waals surface area contributed by atoms with E-state index in [1.54, 1.807) is 18.2 Å². The third-order valence-electron chi connectivity index (χ3n) is 2.52. The van der Waals surface area contributed by atoms with Crippen LogP contribution in [0.25, 0.3) is 10.4 Å². The Morgan fingerprint density at radius 1 is 1.35 bits per heavy atom. The lowest BCUT2D eigenvalue weighted by Crippen LogP contribution is -2.15. The molecule has 1 aliphatic rings. The van der Waals surface area contributed by atoms with E-state index in [1.165, 1.54) is 0 Å². The predicted molar refractivity (Wildman–Crippen MR) is 61.0 cm³/mol. The van der Waals surface area contributed by atoms with Crippen LogP contribution in [-0.2, 0) is 0 Å². The Morgan fingerprint density at radius 3 is 2.88 bits per heavy atom. The molecule has 1 aromatic carbocycles. The van der Waals surface area contributed by atoms with Gasteiger partial charge < -0.3 is 14.6 Å². The van der Waals surface area contributed by atoms with Gasteiger partial charge in [-0.1, -0.05) is 11.2 Å². The smallest absolute Gasteiger partial charge is 0.161 e. The molecule has 0 aromatic heterocycles. The molecule has 1 aliphatic heterocycles. The molecule has 0 radical (unpaired) electrons. The molecule has 90 valence electrons. The summed E-state index contributed by atoms with van der Waals surface area (Å²) in [7, 11) is 0. The zero-order chi connectivity index (χ0) is 12.1. The van der Waals surface area contributed by atoms with E-state index in [0.29, 0.717) is 31.1 Å². The molecule has 1 unspecified atom stereocenters. The zero-order valence-electron chi connectivity index (χ0n) is 9.24. The van der Waals surface area contributed by atoms with Gasteiger partial charge in [0.1, 0.15) is 13.2 Å². The Kier molecular flexibility index (Phi) is 3.69. The van der Waals surface area contributed by atoms with Crippen molar-refractivity contribution in [1.29, 1.82) is 0 Å². The van der Waals surface area contributed by atoms with Crippen LogP contribution in [-0.4, -0.2) is 24.9 Å². The van der Waals surface area contributed by atoms with Crippen molar-refractivity contribution in [3.8, 4) is 11.5 Å². The van der Waals surface area contributed by atoms with Crippen molar-refractivity contribution in [1.82, 2.24) is 0 Å². The fourth-order valence-corrected chi connectivity index (χ4v) is 1.66. The normalized spacial score (nSPS) is 14.9. The Morgan fingerprint density at radius 2 is 2.12 bits per heavy atom. The molecule has 0 saturated carbocycles. The molecule has 1 aromatic rings. The molecule has 0 saturated heterocycles. The summed E-state index contributed by atoms with van der Waals surface area (Å²) >= 11 is 0. The van der Waals surface area contributed by atoms with Crippen LogP contribution in [0, 0.1) is 0 Å². The molecule has 1 atom stereocenters. The first-order valence-electron chi connectivity index (χ1n) is 5.39. The standard InChI is InChI=1S/C11H13N3O3/c12-14-13-4-3-9(15)8-1-2-10-11(7-8)17-6-5-16-10/h1-2,7,9,15H,3-6H2. The summed E-state index contributed by atoms with van der Waals surface area (Å²) in [6.45, 7) is 1.34. The third kappa shape index (κ3) is 2.81. The number of aliphatic hydroxyl groups is 1. The SMILES string of the molecule is [N-]=[N+]=NCCC(O)c1ccc2c(c1)OCCO2. The number of hydrogen-bond donors (Lipinski definition) is 1. The van der Waals surface area contributed by atoms with E-state index in [-0.39, 0.29) is 6.54 Å². The number of nitrogens with zero attached hydrogens (tertiary/aromatic N) is 3. The first-order valence-corrected chi connectivity index (χ1v) is 5.39. The lowest BCUT2D eigenvalue weighted by Gasteiger charge is -2.20. The maximum Gasteiger partial charge on any atom is 0.161 e. The minimum Gasteiger partial charge on any atom is -0.486 e. The van der Waals surface area contributed by atoms with Crippen molar-refractivity contribution in [3.63, 3.8) is 0 Å². The second-order valence-electron chi connectivity index (χ2n) is 3.66. The molecule has 6 heteroatoms. The first-order chi connectivity index (χ1) is 8.31. The molecule has 17 heavy (non-hydrogen) atoms. The number of azide groups is 1. The summed E-state index contributed by atoms with van der Waals surface area (Å²) in [6.07, 6.45) is -0.264. The average Bonchev–Trinajstić information content (AvgIpc) is 2.38. The van der Waals surface area contributed by atoms with Crippen LogP contribution in [0.3, 0.4) is 0 Å². The van der Waals surface area contributed by atoms with E-state index in [0.717, 1.165) is 5.56 Å². The first kappa shape index (κ1) is 11.6. The van der Waals surface area contributed by atoms with E-state index in [9.17, 15) is 5.11 Å². The maximum atomic E-state index is 9.87. The molecule has 1 heterocycles. The van der Waals surface area contributed by atoms with Crippen LogP contribution in [0.15, 0.2) is 23.3 Å². The number of hydrogen-bond acceptors (Lipinski definition) is 4. The Balaban J connectivity index is 2.07. The van der Waals surface area contributed by atoms with Crippen LogP contribution in [0.5, 0.6) is 11.5 Å². The number of benzene rings is 1. The molecular weight excluding hydrogens is 222 g/mol. The van der Waals surface area contributed by atoms with E-state index in [4.69, 9.17) is 15.0 Å². The highest BCUT2D eigenvalue weighted by Gasteiger charge is 2.14. The summed E-state index contributed by atoms with van der Waals surface area (Å²) in [5.74, 6) is 1.35. The van der Waals surface area contributed by atoms with E-state index < -0.39 is 6.10 Å². The van der Waals surface area contributed by atoms with E-state index in [1.807, 2.05) is 0 Å². The number of ether oxygens (including phenoxy) is 2. The van der Waals surface area contributed by atoms with Gasteiger partial charge in [0.15, 0.2) is 11.5 Å². The fourth-order valence-electron chi connectivity index (χ4n) is 1.66. The van der Waals surface area contributed by atoms with Crippen molar-refractivity contribution < 1.29 is 14.6 Å². The maximum absolute atomic E-state index is 9.87. The van der Waals surface area contributed by atoms with Crippen molar-refractivity contribution in [3.05, 3.63) is 34.2 Å². The zero-order valence-corrected chi connectivity index (χ0v) is 9.24. The number of aliphatic hydroxyl groups excluding tert-OH is 1. The van der Waals surface area contributed by atoms with Crippen molar-refractivity contribution in [2.24, 2.45) is 5.11 Å². The Labute approximate surface area is 98.4 Å². The average molecular weight is 235 g/mol. The topological polar surface area (TPSA) is 87.5 Å². The molecular formula is C11H13N3O3. The Hall–Kier alpha value is -1.91. The third-order valence-corrected chi connectivity index (χ3v) is 2.52. The van der Waals surface area contributed by atoms with Gasteiger partial charge in [0, 0.05) is 11.5 Å². The van der Waals surface area contributed by atoms with Crippen molar-refractivity contribution in [2.45, 2.75) is 12.5 Å². The van der Waals surface area contributed by atoms with Gasteiger partial charge >= 0.3 is 0 Å². The summed E-state index contributed by atoms with van der Waals surface area (Å²) in [6, 6.07) is 5.32. The molecule has 0 bridgehead atoms. The van der Waals surface area contributed by atoms with Crippen LogP contribution in [0.4, 0.5) is 0 Å². The molecule has 0 spiro atoms. The summed E-state index contributed by atoms with van der Waals surface area (Å²) in [5, 5.41) is 13.3. The quantitative estimate of drug-likeness (QED) is 0.493. The van der Waals surface area contributed by atoms with Crippen LogP contribution in [0.2, 0.25) is 0 Å². The minimum atomic E-state index is -0.656. The summed E-state index contributed by atoms with van der Waals surface area (Å²) in [4.78, 5) is 2.64. The van der Waals surface area contributed by atoms with Gasteiger partial charge in [0.2, 0.25) is 0 Å². The van der Waals surface area contributed by atoms with Gasteiger partial charge in [-0.25, -0.2) is 0 Å². The van der Waals surface area contributed by atoms with Crippen LogP contribution < -0.4 is 9.47 Å². The second-order valence-corrected chi connectivity index (χ2v) is 3.66. The predicted octanol–water partition coefficient (Wildman–Crippen LogP) is 2.19. The second kappa shape index (κ2) is 5.43. The minimum absolute atomic E-state index is 0.270. The lowest BCUT2D eigenvalue weighted by molar-refractivity contribution is 0.161. The summed E-state index contributed by atoms with van der Waals surface area (Å²) < 4.78 is 10.8. The van der Waals surface area contributed by atoms with Crippen LogP contribution >= 0.6 is 0 Å². The summed E-state index contributed by atoms with van der Waals surface area (Å²) in [5.41, 5.74) is 8.89. The molecule has 0 aliphatic carbocycles. The Bertz CT molecular complexity index is 444. The highest BCUT2D eigenvalue weighted by atomic mass is 16.6. The highest BCUT2D eigenvalue weighted by molar-refractivity contribution is 5.44. The van der Waals surface area contributed by atoms with Gasteiger partial charge in [-0.15, -0.1) is 0 Å². The van der Waals surface area contributed by atoms with E-state index in [2.05, 4.69) is 10.0 Å². The monoisotopic (exact) mass is 235 g/mol. The largest absolute Gasteiger partial charge is 0.486 e. The van der Waals surface area contributed by atoms with Gasteiger partial charge in [-0.05, 0) is 29.6 Å². The van der Waals surface area contributed by atoms with Crippen molar-refractivity contribution in [2.75, 3.05) is 19.8 Å². The fraction of sp³-hybridized carbons (Fsp3) is 0.455. The molecule has 2 rings (SSSR count). The molecule has 1 N–H and O–H groups in total. The highest BCUT2D eigenvalue weighted by Crippen LogP contribution is 2.33. The van der Waals surface area contributed by atoms with Gasteiger partial charge in [0.25, 0.3) is 0 Å². The van der Waals surface area contributed by atoms with Crippen molar-refractivity contribution >= 4 is 0 Å². The lowest BCUT2D eigenvalue weighted by atomic mass is 10.1. The molecule has 0 fully saturated rings. The molecule has 0 amide bonds. The van der Waals surface area contributed by atoms with E-state index >= 15 is 0 Å². The number of rotatable bonds is 4. The van der Waals surface area contributed by atoms with Crippen LogP contribution in [0.1, 0.15) is 18.1 Å². The van der Waals surface area contributed by atoms with Gasteiger partial charge in [-0.2, -0.15) is 0 Å². The molecule has 6 nitrogen and oxygen atoms in total. The number of fused-ring (bicyclic) bond motifs is 1.